The van der Waals surface area contributed by atoms with Crippen LogP contribution in [0.4, 0.5) is 10.5 Å². The molecule has 140 valence electrons. The number of rotatable bonds is 6. The zero-order valence-corrected chi connectivity index (χ0v) is 16.4. The number of urea groups is 1. The lowest BCUT2D eigenvalue weighted by Gasteiger charge is -2.26. The van der Waals surface area contributed by atoms with Crippen molar-refractivity contribution in [3.8, 4) is 11.5 Å². The average molecular weight is 356 g/mol. The number of anilines is 1. The van der Waals surface area contributed by atoms with Crippen molar-refractivity contribution in [3.63, 3.8) is 0 Å². The number of hydrogen-bond donors (Lipinski definition) is 2. The van der Waals surface area contributed by atoms with Gasteiger partial charge in [-0.3, -0.25) is 0 Å². The molecule has 0 unspecified atom stereocenters. The Labute approximate surface area is 155 Å². The summed E-state index contributed by atoms with van der Waals surface area (Å²) in [5.41, 5.74) is 3.73. The summed E-state index contributed by atoms with van der Waals surface area (Å²) in [5.74, 6) is 1.37. The van der Waals surface area contributed by atoms with E-state index >= 15 is 0 Å². The third-order valence-corrected chi connectivity index (χ3v) is 4.58. The Bertz CT molecular complexity index is 765. The smallest absolute Gasteiger partial charge is 0.319 e. The van der Waals surface area contributed by atoms with Gasteiger partial charge in [0.15, 0.2) is 11.5 Å². The molecule has 0 heterocycles. The molecule has 2 N–H and O–H groups in total. The Morgan fingerprint density at radius 1 is 1.00 bits per heavy atom. The third kappa shape index (κ3) is 4.48. The van der Waals surface area contributed by atoms with Crippen molar-refractivity contribution in [2.75, 3.05) is 26.1 Å². The van der Waals surface area contributed by atoms with E-state index in [2.05, 4.69) is 24.5 Å². The molecule has 5 nitrogen and oxygen atoms in total. The van der Waals surface area contributed by atoms with E-state index in [9.17, 15) is 4.79 Å². The van der Waals surface area contributed by atoms with Crippen LogP contribution in [0.1, 0.15) is 30.5 Å². The van der Waals surface area contributed by atoms with E-state index in [1.807, 2.05) is 50.2 Å². The highest BCUT2D eigenvalue weighted by Crippen LogP contribution is 2.33. The number of nitrogens with one attached hydrogen (secondary N) is 2. The highest BCUT2D eigenvalue weighted by atomic mass is 16.5. The van der Waals surface area contributed by atoms with Crippen LogP contribution in [0.2, 0.25) is 0 Å². The standard InChI is InChI=1S/C21H28N2O3/c1-14-8-7-9-15(2)19(14)23-20(24)22-13-21(3,4)16-10-11-17(25-5)18(12-16)26-6/h7-12H,13H2,1-6H3,(H2,22,23,24). The van der Waals surface area contributed by atoms with Gasteiger partial charge in [-0.2, -0.15) is 0 Å². The fraction of sp³-hybridized carbons (Fsp3) is 0.381. The zero-order valence-electron chi connectivity index (χ0n) is 16.4. The maximum Gasteiger partial charge on any atom is 0.319 e. The zero-order chi connectivity index (χ0) is 19.3. The number of aryl methyl sites for hydroxylation is 2. The van der Waals surface area contributed by atoms with Crippen LogP contribution in [0.25, 0.3) is 0 Å². The van der Waals surface area contributed by atoms with Crippen molar-refractivity contribution in [1.82, 2.24) is 5.32 Å². The molecule has 0 saturated heterocycles. The van der Waals surface area contributed by atoms with E-state index in [-0.39, 0.29) is 11.4 Å². The predicted molar refractivity (Wildman–Crippen MR) is 106 cm³/mol. The molecule has 0 radical (unpaired) electrons. The molecule has 2 rings (SSSR count). The summed E-state index contributed by atoms with van der Waals surface area (Å²) in [5, 5.41) is 5.92. The SMILES string of the molecule is COc1ccc(C(C)(C)CNC(=O)Nc2c(C)cccc2C)cc1OC. The van der Waals surface area contributed by atoms with Gasteiger partial charge in [0.05, 0.1) is 14.2 Å². The lowest BCUT2D eigenvalue weighted by Crippen LogP contribution is -2.39. The third-order valence-electron chi connectivity index (χ3n) is 4.58. The number of hydrogen-bond acceptors (Lipinski definition) is 3. The first-order valence-corrected chi connectivity index (χ1v) is 8.62. The molecule has 2 amide bonds. The van der Waals surface area contributed by atoms with Crippen molar-refractivity contribution in [2.45, 2.75) is 33.1 Å². The van der Waals surface area contributed by atoms with Gasteiger partial charge in [0.25, 0.3) is 0 Å². The van der Waals surface area contributed by atoms with Gasteiger partial charge in [-0.05, 0) is 42.7 Å². The summed E-state index contributed by atoms with van der Waals surface area (Å²) in [4.78, 5) is 12.4. The summed E-state index contributed by atoms with van der Waals surface area (Å²) >= 11 is 0. The molecule has 0 bridgehead atoms. The van der Waals surface area contributed by atoms with E-state index in [4.69, 9.17) is 9.47 Å². The fourth-order valence-electron chi connectivity index (χ4n) is 2.83. The number of amides is 2. The van der Waals surface area contributed by atoms with Gasteiger partial charge in [0.1, 0.15) is 0 Å². The van der Waals surface area contributed by atoms with Crippen molar-refractivity contribution >= 4 is 11.7 Å². The van der Waals surface area contributed by atoms with Gasteiger partial charge in [-0.15, -0.1) is 0 Å². The first kappa shape index (κ1) is 19.6. The van der Waals surface area contributed by atoms with Crippen molar-refractivity contribution in [1.29, 1.82) is 0 Å². The Kier molecular flexibility index (Phi) is 6.14. The molecule has 0 aliphatic heterocycles. The van der Waals surface area contributed by atoms with Crippen LogP contribution in [-0.4, -0.2) is 26.8 Å². The van der Waals surface area contributed by atoms with Crippen LogP contribution >= 0.6 is 0 Å². The molecule has 0 saturated carbocycles. The maximum atomic E-state index is 12.4. The van der Waals surface area contributed by atoms with E-state index < -0.39 is 0 Å². The van der Waals surface area contributed by atoms with Gasteiger partial charge in [-0.1, -0.05) is 38.1 Å². The van der Waals surface area contributed by atoms with E-state index in [1.54, 1.807) is 14.2 Å². The van der Waals surface area contributed by atoms with Crippen molar-refractivity contribution in [3.05, 3.63) is 53.1 Å². The average Bonchev–Trinajstić information content (AvgIpc) is 2.62. The molecule has 0 aromatic heterocycles. The fourth-order valence-corrected chi connectivity index (χ4v) is 2.83. The second-order valence-corrected chi connectivity index (χ2v) is 7.03. The monoisotopic (exact) mass is 356 g/mol. The van der Waals surface area contributed by atoms with Gasteiger partial charge in [0.2, 0.25) is 0 Å². The molecule has 0 spiro atoms. The molecular formula is C21H28N2O3. The minimum Gasteiger partial charge on any atom is -0.493 e. The van der Waals surface area contributed by atoms with Crippen LogP contribution in [0.3, 0.4) is 0 Å². The van der Waals surface area contributed by atoms with Gasteiger partial charge in [0, 0.05) is 17.6 Å². The molecule has 0 aliphatic rings. The number of methoxy groups -OCH3 is 2. The highest BCUT2D eigenvalue weighted by molar-refractivity contribution is 5.91. The minimum atomic E-state index is -0.266. The topological polar surface area (TPSA) is 59.6 Å². The van der Waals surface area contributed by atoms with E-state index in [0.717, 1.165) is 22.4 Å². The molecule has 5 heteroatoms. The van der Waals surface area contributed by atoms with Crippen LogP contribution in [0, 0.1) is 13.8 Å². The lowest BCUT2D eigenvalue weighted by molar-refractivity contribution is 0.249. The summed E-state index contributed by atoms with van der Waals surface area (Å²) in [7, 11) is 3.23. The summed E-state index contributed by atoms with van der Waals surface area (Å²) in [6, 6.07) is 11.6. The summed E-state index contributed by atoms with van der Waals surface area (Å²) in [6.07, 6.45) is 0. The Balaban J connectivity index is 2.06. The number of ether oxygens (including phenoxy) is 2. The Morgan fingerprint density at radius 3 is 2.19 bits per heavy atom. The molecule has 2 aromatic rings. The first-order valence-electron chi connectivity index (χ1n) is 8.62. The number of carbonyl (C=O) groups excluding carboxylic acids is 1. The lowest BCUT2D eigenvalue weighted by atomic mass is 9.84. The molecule has 0 aliphatic carbocycles. The van der Waals surface area contributed by atoms with Crippen LogP contribution < -0.4 is 20.1 Å². The van der Waals surface area contributed by atoms with Crippen LogP contribution in [0.15, 0.2) is 36.4 Å². The second-order valence-electron chi connectivity index (χ2n) is 7.03. The molecule has 2 aromatic carbocycles. The number of benzene rings is 2. The molecule has 0 atom stereocenters. The number of para-hydroxylation sites is 1. The largest absolute Gasteiger partial charge is 0.493 e. The van der Waals surface area contributed by atoms with Crippen molar-refractivity contribution < 1.29 is 14.3 Å². The first-order chi connectivity index (χ1) is 12.3. The summed E-state index contributed by atoms with van der Waals surface area (Å²) in [6.45, 7) is 8.60. The normalized spacial score (nSPS) is 11.0. The van der Waals surface area contributed by atoms with E-state index in [0.29, 0.717) is 18.0 Å². The Morgan fingerprint density at radius 2 is 1.62 bits per heavy atom. The number of carbonyl (C=O) groups is 1. The maximum absolute atomic E-state index is 12.4. The highest BCUT2D eigenvalue weighted by Gasteiger charge is 2.23. The molecular weight excluding hydrogens is 328 g/mol. The van der Waals surface area contributed by atoms with Crippen LogP contribution in [0.5, 0.6) is 11.5 Å². The second kappa shape index (κ2) is 8.13. The van der Waals surface area contributed by atoms with Gasteiger partial charge < -0.3 is 20.1 Å². The molecule has 0 fully saturated rings. The van der Waals surface area contributed by atoms with Crippen molar-refractivity contribution in [2.24, 2.45) is 0 Å². The summed E-state index contributed by atoms with van der Waals surface area (Å²) < 4.78 is 10.7. The quantitative estimate of drug-likeness (QED) is 0.805. The van der Waals surface area contributed by atoms with Crippen LogP contribution in [-0.2, 0) is 5.41 Å². The molecule has 26 heavy (non-hydrogen) atoms. The van der Waals surface area contributed by atoms with Gasteiger partial charge >= 0.3 is 6.03 Å². The Hall–Kier alpha value is -2.69. The predicted octanol–water partition coefficient (Wildman–Crippen LogP) is 4.42. The van der Waals surface area contributed by atoms with Gasteiger partial charge in [-0.25, -0.2) is 4.79 Å². The van der Waals surface area contributed by atoms with E-state index in [1.165, 1.54) is 0 Å². The minimum absolute atomic E-state index is 0.212.